The maximum atomic E-state index is 12.0. The molecule has 1 N–H and O–H groups in total. The van der Waals surface area contributed by atoms with Gasteiger partial charge in [-0.3, -0.25) is 9.69 Å². The Bertz CT molecular complexity index is 881. The van der Waals surface area contributed by atoms with E-state index in [4.69, 9.17) is 14.2 Å². The number of aryl methyl sites for hydroxylation is 1. The largest absolute Gasteiger partial charge is 0.493 e. The Morgan fingerprint density at radius 3 is 2.70 bits per heavy atom. The normalized spacial score (nSPS) is 14.6. The van der Waals surface area contributed by atoms with Gasteiger partial charge in [-0.05, 0) is 46.1 Å². The Labute approximate surface area is 185 Å². The zero-order valence-corrected chi connectivity index (χ0v) is 18.8. The van der Waals surface area contributed by atoms with Crippen LogP contribution in [0.5, 0.6) is 11.5 Å². The lowest BCUT2D eigenvalue weighted by atomic mass is 10.2. The molecule has 0 aromatic heterocycles. The van der Waals surface area contributed by atoms with Crippen LogP contribution in [0, 0.1) is 6.92 Å². The molecular formula is C22H26BrN3O4. The molecule has 1 heterocycles. The van der Waals surface area contributed by atoms with E-state index in [1.54, 1.807) is 13.3 Å². The molecule has 0 aliphatic carbocycles. The Morgan fingerprint density at radius 1 is 1.27 bits per heavy atom. The van der Waals surface area contributed by atoms with Gasteiger partial charge in [0.1, 0.15) is 6.61 Å². The van der Waals surface area contributed by atoms with Crippen molar-refractivity contribution in [2.24, 2.45) is 5.10 Å². The average molecular weight is 476 g/mol. The van der Waals surface area contributed by atoms with Gasteiger partial charge in [-0.15, -0.1) is 0 Å². The number of ether oxygens (including phenoxy) is 3. The molecule has 0 saturated carbocycles. The van der Waals surface area contributed by atoms with Gasteiger partial charge in [0.2, 0.25) is 0 Å². The van der Waals surface area contributed by atoms with E-state index in [9.17, 15) is 4.79 Å². The monoisotopic (exact) mass is 475 g/mol. The number of benzene rings is 2. The number of hydrazone groups is 1. The molecule has 0 spiro atoms. The van der Waals surface area contributed by atoms with Crippen molar-refractivity contribution in [3.8, 4) is 11.5 Å². The van der Waals surface area contributed by atoms with E-state index < -0.39 is 0 Å². The summed E-state index contributed by atoms with van der Waals surface area (Å²) in [5, 5.41) is 4.06. The van der Waals surface area contributed by atoms with Gasteiger partial charge in [-0.25, -0.2) is 5.43 Å². The first kappa shape index (κ1) is 22.3. The van der Waals surface area contributed by atoms with Gasteiger partial charge in [-0.2, -0.15) is 5.10 Å². The van der Waals surface area contributed by atoms with Crippen molar-refractivity contribution in [3.63, 3.8) is 0 Å². The van der Waals surface area contributed by atoms with E-state index in [-0.39, 0.29) is 5.91 Å². The second-order valence-corrected chi connectivity index (χ2v) is 7.84. The number of morpholine rings is 1. The van der Waals surface area contributed by atoms with Crippen molar-refractivity contribution in [1.82, 2.24) is 10.3 Å². The molecule has 30 heavy (non-hydrogen) atoms. The van der Waals surface area contributed by atoms with Crippen molar-refractivity contribution < 1.29 is 19.0 Å². The number of nitrogens with zero attached hydrogens (tertiary/aromatic N) is 2. The molecule has 0 atom stereocenters. The van der Waals surface area contributed by atoms with Crippen LogP contribution in [-0.2, 0) is 16.1 Å². The molecule has 2 aromatic rings. The number of amides is 1. The number of halogens is 1. The van der Waals surface area contributed by atoms with Gasteiger partial charge in [0.25, 0.3) is 5.91 Å². The first-order chi connectivity index (χ1) is 14.5. The number of rotatable bonds is 8. The van der Waals surface area contributed by atoms with Crippen LogP contribution in [0.25, 0.3) is 0 Å². The quantitative estimate of drug-likeness (QED) is 0.468. The van der Waals surface area contributed by atoms with Crippen LogP contribution in [0.3, 0.4) is 0 Å². The van der Waals surface area contributed by atoms with Crippen molar-refractivity contribution in [2.75, 3.05) is 40.0 Å². The van der Waals surface area contributed by atoms with Gasteiger partial charge in [0, 0.05) is 13.1 Å². The number of hydrogen-bond acceptors (Lipinski definition) is 6. The molecule has 1 fully saturated rings. The molecule has 1 aliphatic heterocycles. The summed E-state index contributed by atoms with van der Waals surface area (Å²) < 4.78 is 17.5. The first-order valence-electron chi connectivity index (χ1n) is 9.73. The first-order valence-corrected chi connectivity index (χ1v) is 10.5. The molecule has 0 bridgehead atoms. The fourth-order valence-electron chi connectivity index (χ4n) is 2.97. The predicted molar refractivity (Wildman–Crippen MR) is 119 cm³/mol. The predicted octanol–water partition coefficient (Wildman–Crippen LogP) is 3.13. The summed E-state index contributed by atoms with van der Waals surface area (Å²) in [5.74, 6) is 1.04. The third kappa shape index (κ3) is 6.55. The molecule has 0 unspecified atom stereocenters. The van der Waals surface area contributed by atoms with Gasteiger partial charge >= 0.3 is 0 Å². The molecule has 1 amide bonds. The van der Waals surface area contributed by atoms with Crippen molar-refractivity contribution in [1.29, 1.82) is 0 Å². The van der Waals surface area contributed by atoms with E-state index >= 15 is 0 Å². The summed E-state index contributed by atoms with van der Waals surface area (Å²) in [4.78, 5) is 14.1. The lowest BCUT2D eigenvalue weighted by Crippen LogP contribution is -2.42. The smallest absolute Gasteiger partial charge is 0.254 e. The minimum Gasteiger partial charge on any atom is -0.493 e. The van der Waals surface area contributed by atoms with E-state index in [0.29, 0.717) is 37.9 Å². The molecule has 0 radical (unpaired) electrons. The fraction of sp³-hybridized carbons (Fsp3) is 0.364. The molecule has 1 saturated heterocycles. The summed E-state index contributed by atoms with van der Waals surface area (Å²) in [6.45, 7) is 5.61. The van der Waals surface area contributed by atoms with Crippen LogP contribution < -0.4 is 14.9 Å². The summed E-state index contributed by atoms with van der Waals surface area (Å²) in [5.41, 5.74) is 5.61. The summed E-state index contributed by atoms with van der Waals surface area (Å²) in [6, 6.07) is 11.9. The summed E-state index contributed by atoms with van der Waals surface area (Å²) in [7, 11) is 1.59. The molecule has 2 aromatic carbocycles. The highest BCUT2D eigenvalue weighted by Gasteiger charge is 2.14. The standard InChI is InChI=1S/C22H26BrN3O4/c1-16-3-5-17(6-4-16)15-30-22-19(23)11-18(12-20(22)28-2)13-24-25-21(27)14-26-7-9-29-10-8-26/h3-6,11-13H,7-10,14-15H2,1-2H3,(H,25,27). The Morgan fingerprint density at radius 2 is 2.00 bits per heavy atom. The third-order valence-electron chi connectivity index (χ3n) is 4.63. The highest BCUT2D eigenvalue weighted by atomic mass is 79.9. The van der Waals surface area contributed by atoms with Gasteiger partial charge in [0.05, 0.1) is 37.6 Å². The van der Waals surface area contributed by atoms with E-state index in [2.05, 4.69) is 45.5 Å². The van der Waals surface area contributed by atoms with E-state index in [0.717, 1.165) is 28.7 Å². The van der Waals surface area contributed by atoms with Crippen LogP contribution in [0.1, 0.15) is 16.7 Å². The minimum absolute atomic E-state index is 0.155. The van der Waals surface area contributed by atoms with Crippen LogP contribution in [0.4, 0.5) is 0 Å². The topological polar surface area (TPSA) is 72.4 Å². The van der Waals surface area contributed by atoms with Crippen molar-refractivity contribution in [2.45, 2.75) is 13.5 Å². The number of carbonyl (C=O) groups excluding carboxylic acids is 1. The highest BCUT2D eigenvalue weighted by Crippen LogP contribution is 2.36. The van der Waals surface area contributed by atoms with Gasteiger partial charge in [0.15, 0.2) is 11.5 Å². The number of carbonyl (C=O) groups is 1. The fourth-order valence-corrected chi connectivity index (χ4v) is 3.54. The summed E-state index contributed by atoms with van der Waals surface area (Å²) in [6.07, 6.45) is 1.58. The SMILES string of the molecule is COc1cc(C=NNC(=O)CN2CCOCC2)cc(Br)c1OCc1ccc(C)cc1. The lowest BCUT2D eigenvalue weighted by Gasteiger charge is -2.25. The maximum Gasteiger partial charge on any atom is 0.254 e. The zero-order chi connectivity index (χ0) is 21.3. The van der Waals surface area contributed by atoms with Crippen LogP contribution in [-0.4, -0.2) is 57.0 Å². The lowest BCUT2D eigenvalue weighted by molar-refractivity contribution is -0.123. The molecule has 3 rings (SSSR count). The molecule has 8 heteroatoms. The molecule has 1 aliphatic rings. The maximum absolute atomic E-state index is 12.0. The van der Waals surface area contributed by atoms with Crippen LogP contribution in [0.2, 0.25) is 0 Å². The van der Waals surface area contributed by atoms with Crippen molar-refractivity contribution in [3.05, 3.63) is 57.6 Å². The van der Waals surface area contributed by atoms with Gasteiger partial charge < -0.3 is 14.2 Å². The minimum atomic E-state index is -0.155. The third-order valence-corrected chi connectivity index (χ3v) is 5.22. The average Bonchev–Trinajstić information content (AvgIpc) is 2.74. The Kier molecular flexibility index (Phi) is 8.24. The Balaban J connectivity index is 1.59. The zero-order valence-electron chi connectivity index (χ0n) is 17.2. The van der Waals surface area contributed by atoms with Crippen molar-refractivity contribution >= 4 is 28.1 Å². The number of methoxy groups -OCH3 is 1. The molecule has 7 nitrogen and oxygen atoms in total. The number of nitrogens with one attached hydrogen (secondary N) is 1. The number of hydrogen-bond donors (Lipinski definition) is 1. The van der Waals surface area contributed by atoms with E-state index in [1.165, 1.54) is 5.56 Å². The second-order valence-electron chi connectivity index (χ2n) is 6.99. The highest BCUT2D eigenvalue weighted by molar-refractivity contribution is 9.10. The van der Waals surface area contributed by atoms with E-state index in [1.807, 2.05) is 29.2 Å². The van der Waals surface area contributed by atoms with Crippen LogP contribution in [0.15, 0.2) is 46.0 Å². The van der Waals surface area contributed by atoms with Crippen LogP contribution >= 0.6 is 15.9 Å². The Hall–Kier alpha value is -2.42. The molecular weight excluding hydrogens is 450 g/mol. The second kappa shape index (κ2) is 11.1. The van der Waals surface area contributed by atoms with Gasteiger partial charge in [-0.1, -0.05) is 29.8 Å². The summed E-state index contributed by atoms with van der Waals surface area (Å²) >= 11 is 3.54. The molecule has 160 valence electrons.